The van der Waals surface area contributed by atoms with Crippen LogP contribution in [0.15, 0.2) is 84.0 Å². The van der Waals surface area contributed by atoms with Crippen molar-refractivity contribution in [2.75, 3.05) is 7.11 Å². The number of hydrogen-bond acceptors (Lipinski definition) is 6. The van der Waals surface area contributed by atoms with Crippen molar-refractivity contribution < 1.29 is 19.1 Å². The quantitative estimate of drug-likeness (QED) is 0.225. The van der Waals surface area contributed by atoms with Crippen molar-refractivity contribution in [3.8, 4) is 17.0 Å². The average molecular weight is 469 g/mol. The first-order chi connectivity index (χ1) is 17.0. The predicted octanol–water partition coefficient (Wildman–Crippen LogP) is 4.51. The smallest absolute Gasteiger partial charge is 0.337 e. The molecule has 0 saturated carbocycles. The van der Waals surface area contributed by atoms with E-state index in [0.29, 0.717) is 23.4 Å². The van der Waals surface area contributed by atoms with Gasteiger partial charge in [0, 0.05) is 5.56 Å². The predicted molar refractivity (Wildman–Crippen MR) is 132 cm³/mol. The Bertz CT molecular complexity index is 1330. The molecule has 0 bridgehead atoms. The first-order valence-corrected chi connectivity index (χ1v) is 10.9. The van der Waals surface area contributed by atoms with Crippen LogP contribution in [0, 0.1) is 6.92 Å². The molecule has 0 aliphatic rings. The number of benzene rings is 3. The lowest BCUT2D eigenvalue weighted by molar-refractivity contribution is 0.0600. The zero-order valence-corrected chi connectivity index (χ0v) is 19.3. The van der Waals surface area contributed by atoms with Crippen molar-refractivity contribution in [1.82, 2.24) is 15.6 Å². The molecule has 2 N–H and O–H groups in total. The number of aromatic amines is 1. The molecule has 176 valence electrons. The van der Waals surface area contributed by atoms with Crippen molar-refractivity contribution in [3.63, 3.8) is 0 Å². The summed E-state index contributed by atoms with van der Waals surface area (Å²) in [4.78, 5) is 23.8. The van der Waals surface area contributed by atoms with Gasteiger partial charge >= 0.3 is 5.97 Å². The Kier molecular flexibility index (Phi) is 7.32. The van der Waals surface area contributed by atoms with Crippen LogP contribution in [0.3, 0.4) is 0 Å². The highest BCUT2D eigenvalue weighted by Crippen LogP contribution is 2.22. The van der Waals surface area contributed by atoms with E-state index in [0.717, 1.165) is 16.9 Å². The van der Waals surface area contributed by atoms with E-state index < -0.39 is 11.9 Å². The standard InChI is InChI=1S/C27H24N4O4/c1-18-3-5-20(6-4-18)17-35-23-13-11-21(12-14-23)24-15-25(30-29-24)26(32)31-28-16-19-7-9-22(10-8-19)27(33)34-2/h3-16H,17H2,1-2H3,(H,29,30)(H,31,32)/b28-16-. The maximum absolute atomic E-state index is 12.4. The third kappa shape index (κ3) is 6.20. The molecule has 1 amide bonds. The summed E-state index contributed by atoms with van der Waals surface area (Å²) < 4.78 is 10.5. The summed E-state index contributed by atoms with van der Waals surface area (Å²) in [6, 6.07) is 24.0. The van der Waals surface area contributed by atoms with Crippen LogP contribution in [0.2, 0.25) is 0 Å². The number of methoxy groups -OCH3 is 1. The minimum atomic E-state index is -0.427. The molecule has 0 spiro atoms. The summed E-state index contributed by atoms with van der Waals surface area (Å²) in [5.74, 6) is -0.0951. The van der Waals surface area contributed by atoms with Crippen LogP contribution in [0.1, 0.15) is 37.5 Å². The molecule has 3 aromatic carbocycles. The van der Waals surface area contributed by atoms with Crippen LogP contribution in [0.4, 0.5) is 0 Å². The van der Waals surface area contributed by atoms with E-state index in [1.54, 1.807) is 30.3 Å². The number of aryl methyl sites for hydroxylation is 1. The van der Waals surface area contributed by atoms with Gasteiger partial charge in [0.25, 0.3) is 5.91 Å². The van der Waals surface area contributed by atoms with Crippen LogP contribution in [0.5, 0.6) is 5.75 Å². The van der Waals surface area contributed by atoms with Crippen LogP contribution in [-0.4, -0.2) is 35.4 Å². The van der Waals surface area contributed by atoms with E-state index in [9.17, 15) is 9.59 Å². The molecule has 0 atom stereocenters. The Labute approximate surface area is 202 Å². The summed E-state index contributed by atoms with van der Waals surface area (Å²) in [5, 5.41) is 10.9. The second-order valence-corrected chi connectivity index (χ2v) is 7.78. The van der Waals surface area contributed by atoms with E-state index in [1.807, 2.05) is 36.4 Å². The van der Waals surface area contributed by atoms with Gasteiger partial charge < -0.3 is 9.47 Å². The largest absolute Gasteiger partial charge is 0.489 e. The molecule has 4 rings (SSSR count). The third-order valence-corrected chi connectivity index (χ3v) is 5.21. The number of rotatable bonds is 8. The molecular formula is C27H24N4O4. The monoisotopic (exact) mass is 468 g/mol. The Morgan fingerprint density at radius 1 is 1.00 bits per heavy atom. The van der Waals surface area contributed by atoms with Crippen molar-refractivity contribution in [2.24, 2.45) is 5.10 Å². The molecule has 0 aliphatic carbocycles. The van der Waals surface area contributed by atoms with Crippen molar-refractivity contribution in [1.29, 1.82) is 0 Å². The summed E-state index contributed by atoms with van der Waals surface area (Å²) in [5.41, 5.74) is 7.66. The van der Waals surface area contributed by atoms with Crippen molar-refractivity contribution in [2.45, 2.75) is 13.5 Å². The first kappa shape index (κ1) is 23.4. The number of nitrogens with zero attached hydrogens (tertiary/aromatic N) is 2. The van der Waals surface area contributed by atoms with Crippen LogP contribution >= 0.6 is 0 Å². The second kappa shape index (κ2) is 10.9. The maximum atomic E-state index is 12.4. The van der Waals surface area contributed by atoms with Gasteiger partial charge in [0.2, 0.25) is 0 Å². The fraction of sp³-hybridized carbons (Fsp3) is 0.111. The van der Waals surface area contributed by atoms with Gasteiger partial charge in [-0.3, -0.25) is 9.89 Å². The molecule has 0 unspecified atom stereocenters. The van der Waals surface area contributed by atoms with Gasteiger partial charge in [-0.25, -0.2) is 10.2 Å². The highest BCUT2D eigenvalue weighted by molar-refractivity contribution is 5.94. The summed E-state index contributed by atoms with van der Waals surface area (Å²) in [7, 11) is 1.32. The number of ether oxygens (including phenoxy) is 2. The number of carbonyl (C=O) groups is 2. The zero-order chi connectivity index (χ0) is 24.6. The van der Waals surface area contributed by atoms with Crippen LogP contribution in [0.25, 0.3) is 11.3 Å². The molecule has 8 nitrogen and oxygen atoms in total. The SMILES string of the molecule is COC(=O)c1ccc(/C=N\NC(=O)c2cc(-c3ccc(OCc4ccc(C)cc4)cc3)n[nH]2)cc1. The Hall–Kier alpha value is -4.72. The number of H-pyrrole nitrogens is 1. The molecule has 0 fully saturated rings. The van der Waals surface area contributed by atoms with Crippen LogP contribution in [-0.2, 0) is 11.3 Å². The van der Waals surface area contributed by atoms with Gasteiger partial charge in [-0.05, 0) is 60.5 Å². The molecule has 0 radical (unpaired) electrons. The minimum Gasteiger partial charge on any atom is -0.489 e. The fourth-order valence-corrected chi connectivity index (χ4v) is 3.21. The normalized spacial score (nSPS) is 10.8. The second-order valence-electron chi connectivity index (χ2n) is 7.78. The summed E-state index contributed by atoms with van der Waals surface area (Å²) >= 11 is 0. The van der Waals surface area contributed by atoms with E-state index >= 15 is 0 Å². The summed E-state index contributed by atoms with van der Waals surface area (Å²) in [6.07, 6.45) is 1.48. The van der Waals surface area contributed by atoms with Gasteiger partial charge in [0.15, 0.2) is 0 Å². The van der Waals surface area contributed by atoms with Gasteiger partial charge in [0.1, 0.15) is 18.1 Å². The molecule has 4 aromatic rings. The van der Waals surface area contributed by atoms with E-state index in [1.165, 1.54) is 18.9 Å². The topological polar surface area (TPSA) is 106 Å². The fourth-order valence-electron chi connectivity index (χ4n) is 3.21. The average Bonchev–Trinajstić information content (AvgIpc) is 3.39. The molecular weight excluding hydrogens is 444 g/mol. The Balaban J connectivity index is 1.31. The van der Waals surface area contributed by atoms with E-state index in [2.05, 4.69) is 44.5 Å². The lowest BCUT2D eigenvalue weighted by atomic mass is 10.1. The molecule has 1 aromatic heterocycles. The third-order valence-electron chi connectivity index (χ3n) is 5.21. The summed E-state index contributed by atoms with van der Waals surface area (Å²) in [6.45, 7) is 2.54. The minimum absolute atomic E-state index is 0.276. The molecule has 0 saturated heterocycles. The molecule has 8 heteroatoms. The highest BCUT2D eigenvalue weighted by Gasteiger charge is 2.11. The number of amides is 1. The highest BCUT2D eigenvalue weighted by atomic mass is 16.5. The Morgan fingerprint density at radius 3 is 2.40 bits per heavy atom. The number of nitrogens with one attached hydrogen (secondary N) is 2. The van der Waals surface area contributed by atoms with E-state index in [4.69, 9.17) is 4.74 Å². The molecule has 0 aliphatic heterocycles. The van der Waals surface area contributed by atoms with Crippen molar-refractivity contribution >= 4 is 18.1 Å². The maximum Gasteiger partial charge on any atom is 0.337 e. The van der Waals surface area contributed by atoms with Gasteiger partial charge in [-0.2, -0.15) is 10.2 Å². The lowest BCUT2D eigenvalue weighted by Crippen LogP contribution is -2.18. The van der Waals surface area contributed by atoms with Crippen molar-refractivity contribution in [3.05, 3.63) is 107 Å². The number of esters is 1. The zero-order valence-electron chi connectivity index (χ0n) is 19.3. The number of aromatic nitrogens is 2. The molecule has 35 heavy (non-hydrogen) atoms. The van der Waals surface area contributed by atoms with Gasteiger partial charge in [0.05, 0.1) is 24.6 Å². The van der Waals surface area contributed by atoms with Gasteiger partial charge in [-0.1, -0.05) is 42.0 Å². The number of hydrazone groups is 1. The lowest BCUT2D eigenvalue weighted by Gasteiger charge is -2.07. The van der Waals surface area contributed by atoms with Gasteiger partial charge in [-0.15, -0.1) is 0 Å². The molecule has 1 heterocycles. The van der Waals surface area contributed by atoms with Crippen LogP contribution < -0.4 is 10.2 Å². The number of carbonyl (C=O) groups excluding carboxylic acids is 2. The van der Waals surface area contributed by atoms with E-state index in [-0.39, 0.29) is 5.69 Å². The number of hydrogen-bond donors (Lipinski definition) is 2. The Morgan fingerprint density at radius 2 is 1.71 bits per heavy atom. The first-order valence-electron chi connectivity index (χ1n) is 10.9.